The number of hydrogen-bond acceptors (Lipinski definition) is 4. The van der Waals surface area contributed by atoms with Crippen molar-refractivity contribution >= 4 is 29.1 Å². The highest BCUT2D eigenvalue weighted by Gasteiger charge is 2.35. The lowest BCUT2D eigenvalue weighted by Crippen LogP contribution is -2.28. The third-order valence-corrected chi connectivity index (χ3v) is 4.30. The van der Waals surface area contributed by atoms with E-state index in [0.717, 1.165) is 0 Å². The monoisotopic (exact) mass is 353 g/mol. The molecule has 0 aromatic heterocycles. The van der Waals surface area contributed by atoms with Crippen molar-refractivity contribution in [1.29, 1.82) is 0 Å². The lowest BCUT2D eigenvalue weighted by atomic mass is 10.1. The van der Waals surface area contributed by atoms with Crippen LogP contribution in [0.3, 0.4) is 0 Å². The predicted octanol–water partition coefficient (Wildman–Crippen LogP) is 1.79. The van der Waals surface area contributed by atoms with Crippen molar-refractivity contribution in [3.05, 3.63) is 54.1 Å². The van der Waals surface area contributed by atoms with Gasteiger partial charge in [0.05, 0.1) is 13.0 Å². The van der Waals surface area contributed by atoms with E-state index in [-0.39, 0.29) is 18.2 Å². The predicted molar refractivity (Wildman–Crippen MR) is 97.0 cm³/mol. The SMILES string of the molecule is COc1cccc(N2C[C@@H](C(=O)Nc3ccc(C(N)=O)cc3)CC2=O)c1. The molecule has 26 heavy (non-hydrogen) atoms. The van der Waals surface area contributed by atoms with E-state index in [1.54, 1.807) is 54.5 Å². The molecule has 0 radical (unpaired) electrons. The number of hydrogen-bond donors (Lipinski definition) is 2. The molecule has 0 unspecified atom stereocenters. The van der Waals surface area contributed by atoms with Gasteiger partial charge in [0.1, 0.15) is 5.75 Å². The van der Waals surface area contributed by atoms with Crippen LogP contribution in [0.15, 0.2) is 48.5 Å². The van der Waals surface area contributed by atoms with E-state index in [0.29, 0.717) is 29.2 Å². The quantitative estimate of drug-likeness (QED) is 0.855. The van der Waals surface area contributed by atoms with Crippen LogP contribution in [0.4, 0.5) is 11.4 Å². The molecule has 1 heterocycles. The number of rotatable bonds is 5. The number of ether oxygens (including phenoxy) is 1. The van der Waals surface area contributed by atoms with Crippen molar-refractivity contribution in [2.75, 3.05) is 23.9 Å². The molecule has 2 aromatic carbocycles. The van der Waals surface area contributed by atoms with E-state index >= 15 is 0 Å². The number of nitrogens with one attached hydrogen (secondary N) is 1. The summed E-state index contributed by atoms with van der Waals surface area (Å²) < 4.78 is 5.18. The van der Waals surface area contributed by atoms with Crippen LogP contribution in [0.25, 0.3) is 0 Å². The van der Waals surface area contributed by atoms with Crippen LogP contribution in [0.5, 0.6) is 5.75 Å². The zero-order valence-electron chi connectivity index (χ0n) is 14.3. The molecule has 0 bridgehead atoms. The van der Waals surface area contributed by atoms with Crippen molar-refractivity contribution in [1.82, 2.24) is 0 Å². The van der Waals surface area contributed by atoms with Crippen LogP contribution in [0.2, 0.25) is 0 Å². The summed E-state index contributed by atoms with van der Waals surface area (Å²) in [6.45, 7) is 0.303. The second-order valence-corrected chi connectivity index (χ2v) is 6.04. The maximum atomic E-state index is 12.5. The van der Waals surface area contributed by atoms with Crippen LogP contribution in [-0.4, -0.2) is 31.4 Å². The summed E-state index contributed by atoms with van der Waals surface area (Å²) in [5.74, 6) is -0.682. The Kier molecular flexibility index (Phi) is 4.88. The van der Waals surface area contributed by atoms with Crippen molar-refractivity contribution in [2.24, 2.45) is 11.7 Å². The topological polar surface area (TPSA) is 102 Å². The molecule has 1 atom stereocenters. The molecule has 3 rings (SSSR count). The smallest absolute Gasteiger partial charge is 0.248 e. The maximum Gasteiger partial charge on any atom is 0.248 e. The Balaban J connectivity index is 1.67. The average Bonchev–Trinajstić information content (AvgIpc) is 3.04. The van der Waals surface area contributed by atoms with Crippen LogP contribution in [-0.2, 0) is 9.59 Å². The number of carbonyl (C=O) groups is 3. The lowest BCUT2D eigenvalue weighted by molar-refractivity contribution is -0.122. The second-order valence-electron chi connectivity index (χ2n) is 6.04. The first kappa shape index (κ1) is 17.5. The van der Waals surface area contributed by atoms with Gasteiger partial charge in [-0.3, -0.25) is 14.4 Å². The Morgan fingerprint density at radius 2 is 1.92 bits per heavy atom. The van der Waals surface area contributed by atoms with Gasteiger partial charge in [-0.05, 0) is 36.4 Å². The number of methoxy groups -OCH3 is 1. The van der Waals surface area contributed by atoms with Gasteiger partial charge in [0.15, 0.2) is 0 Å². The molecule has 134 valence electrons. The van der Waals surface area contributed by atoms with E-state index in [1.165, 1.54) is 0 Å². The Bertz CT molecular complexity index is 848. The molecular formula is C19H19N3O4. The molecule has 1 saturated heterocycles. The summed E-state index contributed by atoms with van der Waals surface area (Å²) in [5.41, 5.74) is 6.81. The summed E-state index contributed by atoms with van der Waals surface area (Å²) in [5, 5.41) is 2.77. The Hall–Kier alpha value is -3.35. The molecule has 2 aromatic rings. The van der Waals surface area contributed by atoms with Gasteiger partial charge in [0.2, 0.25) is 17.7 Å². The standard InChI is InChI=1S/C19H19N3O4/c1-26-16-4-2-3-15(10-16)22-11-13(9-17(22)23)19(25)21-14-7-5-12(6-8-14)18(20)24/h2-8,10,13H,9,11H2,1H3,(H2,20,24)(H,21,25)/t13-/m0/s1. The Labute approximate surface area is 150 Å². The fraction of sp³-hybridized carbons (Fsp3) is 0.211. The molecule has 0 spiro atoms. The second kappa shape index (κ2) is 7.26. The molecule has 7 heteroatoms. The van der Waals surface area contributed by atoms with Crippen molar-refractivity contribution < 1.29 is 19.1 Å². The molecule has 3 amide bonds. The summed E-state index contributed by atoms with van der Waals surface area (Å²) in [6, 6.07) is 13.5. The first-order valence-corrected chi connectivity index (χ1v) is 8.13. The van der Waals surface area contributed by atoms with Gasteiger partial charge in [-0.25, -0.2) is 0 Å². The molecule has 7 nitrogen and oxygen atoms in total. The summed E-state index contributed by atoms with van der Waals surface area (Å²) in [4.78, 5) is 37.5. The average molecular weight is 353 g/mol. The lowest BCUT2D eigenvalue weighted by Gasteiger charge is -2.17. The number of anilines is 2. The summed E-state index contributed by atoms with van der Waals surface area (Å²) >= 11 is 0. The molecular weight excluding hydrogens is 334 g/mol. The fourth-order valence-corrected chi connectivity index (χ4v) is 2.87. The minimum atomic E-state index is -0.529. The number of benzene rings is 2. The van der Waals surface area contributed by atoms with Crippen LogP contribution in [0, 0.1) is 5.92 Å². The summed E-state index contributed by atoms with van der Waals surface area (Å²) in [7, 11) is 1.56. The van der Waals surface area contributed by atoms with Gasteiger partial charge in [-0.15, -0.1) is 0 Å². The number of nitrogens with two attached hydrogens (primary N) is 1. The molecule has 0 aliphatic carbocycles. The van der Waals surface area contributed by atoms with Crippen LogP contribution in [0.1, 0.15) is 16.8 Å². The van der Waals surface area contributed by atoms with Crippen molar-refractivity contribution in [3.8, 4) is 5.75 Å². The molecule has 1 aliphatic heterocycles. The Morgan fingerprint density at radius 1 is 1.19 bits per heavy atom. The van der Waals surface area contributed by atoms with Crippen LogP contribution < -0.4 is 20.7 Å². The van der Waals surface area contributed by atoms with Crippen molar-refractivity contribution in [2.45, 2.75) is 6.42 Å². The maximum absolute atomic E-state index is 12.5. The summed E-state index contributed by atoms with van der Waals surface area (Å²) in [6.07, 6.45) is 0.141. The van der Waals surface area contributed by atoms with E-state index in [4.69, 9.17) is 10.5 Å². The fourth-order valence-electron chi connectivity index (χ4n) is 2.87. The van der Waals surface area contributed by atoms with E-state index in [2.05, 4.69) is 5.32 Å². The normalized spacial score (nSPS) is 16.4. The van der Waals surface area contributed by atoms with Gasteiger partial charge in [-0.2, -0.15) is 0 Å². The molecule has 0 saturated carbocycles. The highest BCUT2D eigenvalue weighted by molar-refractivity contribution is 6.03. The number of primary amides is 1. The number of nitrogens with zero attached hydrogens (tertiary/aromatic N) is 1. The van der Waals surface area contributed by atoms with Gasteiger partial charge < -0.3 is 20.7 Å². The van der Waals surface area contributed by atoms with Gasteiger partial charge in [-0.1, -0.05) is 6.07 Å². The molecule has 3 N–H and O–H groups in total. The van der Waals surface area contributed by atoms with Gasteiger partial charge in [0.25, 0.3) is 0 Å². The minimum absolute atomic E-state index is 0.109. The largest absolute Gasteiger partial charge is 0.497 e. The minimum Gasteiger partial charge on any atom is -0.497 e. The van der Waals surface area contributed by atoms with Crippen LogP contribution >= 0.6 is 0 Å². The van der Waals surface area contributed by atoms with E-state index in [9.17, 15) is 14.4 Å². The highest BCUT2D eigenvalue weighted by atomic mass is 16.5. The van der Waals surface area contributed by atoms with Gasteiger partial charge >= 0.3 is 0 Å². The van der Waals surface area contributed by atoms with Gasteiger partial charge in [0, 0.05) is 36.0 Å². The first-order chi connectivity index (χ1) is 12.5. The first-order valence-electron chi connectivity index (χ1n) is 8.13. The third kappa shape index (κ3) is 3.66. The molecule has 1 fully saturated rings. The third-order valence-electron chi connectivity index (χ3n) is 4.30. The van der Waals surface area contributed by atoms with Crippen molar-refractivity contribution in [3.63, 3.8) is 0 Å². The number of carbonyl (C=O) groups excluding carboxylic acids is 3. The number of amides is 3. The zero-order valence-corrected chi connectivity index (χ0v) is 14.3. The zero-order chi connectivity index (χ0) is 18.7. The van der Waals surface area contributed by atoms with E-state index < -0.39 is 11.8 Å². The highest BCUT2D eigenvalue weighted by Crippen LogP contribution is 2.28. The van der Waals surface area contributed by atoms with E-state index in [1.807, 2.05) is 6.07 Å². The Morgan fingerprint density at radius 3 is 2.58 bits per heavy atom. The molecule has 1 aliphatic rings.